The van der Waals surface area contributed by atoms with E-state index >= 15 is 0 Å². The Kier molecular flexibility index (Phi) is 28.0. The van der Waals surface area contributed by atoms with E-state index in [1.807, 2.05) is 62.3 Å². The van der Waals surface area contributed by atoms with Crippen LogP contribution in [0, 0.1) is 42.3 Å². The van der Waals surface area contributed by atoms with Crippen molar-refractivity contribution in [3.63, 3.8) is 0 Å². The number of ether oxygens (including phenoxy) is 3. The third-order valence-electron chi connectivity index (χ3n) is 17.3. The number of hydrogen-bond acceptors (Lipinski definition) is 19. The van der Waals surface area contributed by atoms with Gasteiger partial charge in [0, 0.05) is 148 Å². The molecule has 8 aliphatic heterocycles. The number of pyridine rings is 1. The number of alkyl halides is 3. The molecule has 24 nitrogen and oxygen atoms in total. The van der Waals surface area contributed by atoms with E-state index in [1.54, 1.807) is 40.2 Å². The predicted molar refractivity (Wildman–Crippen MR) is 355 cm³/mol. The molecule has 536 valence electrons. The molecule has 3 N–H and O–H groups in total. The minimum atomic E-state index is -3.41. The number of aliphatic hydroxyl groups is 1. The van der Waals surface area contributed by atoms with Crippen LogP contribution < -0.4 is 15.5 Å². The first kappa shape index (κ1) is 76.6. The summed E-state index contributed by atoms with van der Waals surface area (Å²) in [6.45, 7) is 33.9. The quantitative estimate of drug-likeness (QED) is 0.0831. The van der Waals surface area contributed by atoms with Crippen LogP contribution in [0.3, 0.4) is 0 Å². The van der Waals surface area contributed by atoms with Crippen LogP contribution in [0.25, 0.3) is 5.65 Å². The number of anilines is 2. The molecule has 8 fully saturated rings. The number of nitrogens with one attached hydrogen (secondary N) is 2. The van der Waals surface area contributed by atoms with Crippen LogP contribution in [0.5, 0.6) is 0 Å². The molecule has 11 rings (SSSR count). The van der Waals surface area contributed by atoms with E-state index in [0.29, 0.717) is 81.9 Å². The number of fused-ring (bicyclic) bond motifs is 1. The van der Waals surface area contributed by atoms with Gasteiger partial charge in [0.1, 0.15) is 46.8 Å². The molecular formula is C66H107F4N13O11S. The SMILES string of the molecule is CC(C)(C)OC(=O)N1CC[C@H](CN2CC[C@@H](F)C2)C1.CC(C)(C)OC(=O)N1CC[C@H](CO)C1.CC(C)(C)OC(=O)N1CC[C@H](COS(C)(=O)=O)C1.Cc1cn2cc(NC(=O)c3cnc(N4CC[C@H](CN5CC[C@@H](F)C5)C4)cn3)cc(F)c2n1.F[C@@H]1CCN(C[C@H]2CCNC2)C1. The number of rotatable bonds is 13. The average molecular weight is 1370 g/mol. The van der Waals surface area contributed by atoms with E-state index < -0.39 is 57.2 Å². The monoisotopic (exact) mass is 1370 g/mol. The van der Waals surface area contributed by atoms with Gasteiger partial charge < -0.3 is 58.9 Å². The molecule has 95 heavy (non-hydrogen) atoms. The lowest BCUT2D eigenvalue weighted by Gasteiger charge is -2.25. The molecule has 0 aromatic carbocycles. The van der Waals surface area contributed by atoms with Gasteiger partial charge >= 0.3 is 18.3 Å². The Morgan fingerprint density at radius 1 is 0.611 bits per heavy atom. The molecule has 29 heteroatoms. The normalized spacial score (nSPS) is 25.1. The highest BCUT2D eigenvalue weighted by Gasteiger charge is 2.35. The Morgan fingerprint density at radius 3 is 1.53 bits per heavy atom. The summed E-state index contributed by atoms with van der Waals surface area (Å²) >= 11 is 0. The summed E-state index contributed by atoms with van der Waals surface area (Å²) in [7, 11) is -3.41. The standard InChI is InChI=1S/C22H25F2N7O.C14H25FN2O2.C11H21NO5S.C10H19NO3.C9H17FN2/c1-14-9-31-13-17(6-18(24)21(31)27-14)28-22(32)19-7-26-20(8-25-19)30-5-2-15(11-30)10-29-4-3-16(23)12-29;1-14(2,3)19-13(18)17-7-4-11(9-17)8-16-6-5-12(15)10-16;1-11(2,3)17-10(13)12-6-5-9(7-12)8-16-18(4,14)15;1-10(2,3)14-9(13)11-5-4-8(6-11)7-12;10-9-2-4-12(7-9)6-8-1-3-11-5-8/h6-9,13,15-16H,2-5,10-12H2,1H3,(H,28,32);11-12H,4-10H2,1-3H3;9H,5-8H2,1-4H3;8,12H,4-7H2,1-3H3;8-9,11H,1-7H2/t15-,16-;11-,12-;9-;8-;8-,9+/m11000/s1. The second-order valence-electron chi connectivity index (χ2n) is 29.7. The van der Waals surface area contributed by atoms with Crippen LogP contribution in [-0.4, -0.2) is 266 Å². The summed E-state index contributed by atoms with van der Waals surface area (Å²) in [5.74, 6) is 1.71. The number of aromatic nitrogens is 4. The second-order valence-corrected chi connectivity index (χ2v) is 31.4. The number of amides is 4. The van der Waals surface area contributed by atoms with Crippen LogP contribution in [0.2, 0.25) is 0 Å². The van der Waals surface area contributed by atoms with Crippen molar-refractivity contribution in [2.24, 2.45) is 29.6 Å². The number of aryl methyl sites for hydroxylation is 1. The Morgan fingerprint density at radius 2 is 1.08 bits per heavy atom. The number of imidazole rings is 1. The Balaban J connectivity index is 0.000000176. The molecule has 3 aromatic heterocycles. The van der Waals surface area contributed by atoms with Gasteiger partial charge in [-0.1, -0.05) is 0 Å². The highest BCUT2D eigenvalue weighted by molar-refractivity contribution is 7.86. The summed E-state index contributed by atoms with van der Waals surface area (Å²) in [4.78, 5) is 74.4. The summed E-state index contributed by atoms with van der Waals surface area (Å²) in [6, 6.07) is 1.23. The highest BCUT2D eigenvalue weighted by Crippen LogP contribution is 2.28. The molecule has 0 bridgehead atoms. The third kappa shape index (κ3) is 26.6. The molecule has 3 aromatic rings. The molecule has 0 saturated carbocycles. The first-order valence-corrected chi connectivity index (χ1v) is 35.6. The Labute approximate surface area is 559 Å². The highest BCUT2D eigenvalue weighted by atomic mass is 32.2. The maximum absolute atomic E-state index is 14.2. The lowest BCUT2D eigenvalue weighted by Crippen LogP contribution is -2.36. The summed E-state index contributed by atoms with van der Waals surface area (Å²) in [5, 5.41) is 14.9. The van der Waals surface area contributed by atoms with E-state index in [2.05, 4.69) is 45.2 Å². The van der Waals surface area contributed by atoms with Gasteiger partial charge in [-0.2, -0.15) is 8.42 Å². The van der Waals surface area contributed by atoms with Gasteiger partial charge in [0.2, 0.25) is 0 Å². The van der Waals surface area contributed by atoms with Crippen LogP contribution in [0.1, 0.15) is 130 Å². The van der Waals surface area contributed by atoms with Crippen molar-refractivity contribution in [3.8, 4) is 0 Å². The molecule has 8 saturated heterocycles. The van der Waals surface area contributed by atoms with Gasteiger partial charge in [-0.25, -0.2) is 46.9 Å². The number of nitrogens with zero attached hydrogens (tertiary/aromatic N) is 11. The van der Waals surface area contributed by atoms with Crippen molar-refractivity contribution in [2.45, 2.75) is 156 Å². The summed E-state index contributed by atoms with van der Waals surface area (Å²) in [5.41, 5.74) is -0.0351. The van der Waals surface area contributed by atoms with Gasteiger partial charge in [-0.3, -0.25) is 18.8 Å². The van der Waals surface area contributed by atoms with E-state index in [-0.39, 0.29) is 54.7 Å². The lowest BCUT2D eigenvalue weighted by atomic mass is 10.1. The molecule has 0 aliphatic carbocycles. The number of aliphatic hydroxyl groups excluding tert-OH is 1. The average Bonchev–Trinajstić information content (AvgIpc) is 1.73. The minimum Gasteiger partial charge on any atom is -0.444 e. The minimum absolute atomic E-state index is 0.0484. The van der Waals surface area contributed by atoms with Crippen molar-refractivity contribution in [3.05, 3.63) is 48.1 Å². The number of carbonyl (C=O) groups excluding carboxylic acids is 4. The second kappa shape index (κ2) is 34.7. The topological polar surface area (TPSA) is 249 Å². The largest absolute Gasteiger partial charge is 0.444 e. The van der Waals surface area contributed by atoms with E-state index in [9.17, 15) is 45.2 Å². The number of carbonyl (C=O) groups is 4. The number of hydrogen-bond donors (Lipinski definition) is 3. The fourth-order valence-corrected chi connectivity index (χ4v) is 13.1. The van der Waals surface area contributed by atoms with Crippen molar-refractivity contribution >= 4 is 51.5 Å². The van der Waals surface area contributed by atoms with Crippen molar-refractivity contribution in [2.75, 3.05) is 154 Å². The Hall–Kier alpha value is -5.72. The van der Waals surface area contributed by atoms with Gasteiger partial charge in [-0.05, 0) is 151 Å². The fraction of sp³-hybridized carbons (Fsp3) is 0.773. The van der Waals surface area contributed by atoms with Crippen LogP contribution in [0.15, 0.2) is 30.9 Å². The number of halogens is 4. The zero-order valence-electron chi connectivity index (χ0n) is 57.9. The molecule has 0 unspecified atom stereocenters. The fourth-order valence-electron chi connectivity index (χ4n) is 12.7. The Bertz CT molecular complexity index is 3060. The molecule has 8 atom stereocenters. The maximum Gasteiger partial charge on any atom is 0.410 e. The zero-order valence-corrected chi connectivity index (χ0v) is 58.7. The van der Waals surface area contributed by atoms with Crippen LogP contribution in [0.4, 0.5) is 43.5 Å². The summed E-state index contributed by atoms with van der Waals surface area (Å²) < 4.78 is 97.4. The molecule has 8 aliphatic rings. The first-order chi connectivity index (χ1) is 44.6. The smallest absolute Gasteiger partial charge is 0.410 e. The molecule has 11 heterocycles. The van der Waals surface area contributed by atoms with Crippen molar-refractivity contribution < 1.29 is 68.7 Å². The lowest BCUT2D eigenvalue weighted by molar-refractivity contribution is 0.0273. The molecular weight excluding hydrogens is 1260 g/mol. The van der Waals surface area contributed by atoms with Gasteiger partial charge in [-0.15, -0.1) is 0 Å². The van der Waals surface area contributed by atoms with Crippen LogP contribution >= 0.6 is 0 Å². The van der Waals surface area contributed by atoms with E-state index in [1.165, 1.54) is 23.1 Å². The van der Waals surface area contributed by atoms with Crippen molar-refractivity contribution in [1.82, 2.24) is 54.1 Å². The van der Waals surface area contributed by atoms with Gasteiger partial charge in [0.05, 0.1) is 36.6 Å². The van der Waals surface area contributed by atoms with Crippen molar-refractivity contribution in [1.29, 1.82) is 0 Å². The van der Waals surface area contributed by atoms with Gasteiger partial charge in [0.15, 0.2) is 11.5 Å². The summed E-state index contributed by atoms with van der Waals surface area (Å²) in [6.07, 6.45) is 11.5. The van der Waals surface area contributed by atoms with E-state index in [0.717, 1.165) is 129 Å². The maximum atomic E-state index is 14.2. The molecule has 4 amide bonds. The van der Waals surface area contributed by atoms with E-state index in [4.69, 9.17) is 23.5 Å². The van der Waals surface area contributed by atoms with Gasteiger partial charge in [0.25, 0.3) is 16.0 Å². The molecule has 0 spiro atoms. The first-order valence-electron chi connectivity index (χ1n) is 33.8. The number of likely N-dealkylation sites (tertiary alicyclic amines) is 6. The predicted octanol–water partition coefficient (Wildman–Crippen LogP) is 8.08. The third-order valence-corrected chi connectivity index (χ3v) is 17.9. The zero-order chi connectivity index (χ0) is 69.4. The molecule has 0 radical (unpaired) electrons. The van der Waals surface area contributed by atoms with Crippen LogP contribution in [-0.2, 0) is 28.5 Å².